The third kappa shape index (κ3) is 15.8. The van der Waals surface area contributed by atoms with Crippen LogP contribution in [0.5, 0.6) is 5.75 Å². The normalized spacial score (nSPS) is 28.2. The summed E-state index contributed by atoms with van der Waals surface area (Å²) in [5.74, 6) is -5.97. The van der Waals surface area contributed by atoms with Gasteiger partial charge < -0.3 is 40.2 Å². The Bertz CT molecular complexity index is 1800. The number of cyclic esters (lactones) is 1. The number of Topliss-reactive ketones (excluding diaryl/α,β-unsaturated/α-hetero) is 1. The van der Waals surface area contributed by atoms with E-state index in [0.29, 0.717) is 24.0 Å². The fourth-order valence-corrected chi connectivity index (χ4v) is 6.77. The average molecular weight is 837 g/mol. The van der Waals surface area contributed by atoms with Crippen LogP contribution in [0.15, 0.2) is 72.4 Å². The SMILES string of the molecule is CC(=O)CC[C@H]1C(=O)N[C@@H](C(C)C)C(=O)NC(Cc2cccc(O)c2)C(=O)N2CCCC(N2)C(=O)O[C@H](/C(C)=C/C=C/C(=O)OC(C)(C)C)C/C=C/C=C/[C@H](O)[C@H](C)[C@H]1O. The van der Waals surface area contributed by atoms with Gasteiger partial charge in [-0.25, -0.2) is 10.2 Å². The van der Waals surface area contributed by atoms with Crippen molar-refractivity contribution in [3.63, 3.8) is 0 Å². The molecule has 1 fully saturated rings. The zero-order chi connectivity index (χ0) is 44.7. The van der Waals surface area contributed by atoms with Crippen molar-refractivity contribution in [2.45, 2.75) is 136 Å². The lowest BCUT2D eigenvalue weighted by molar-refractivity contribution is -0.156. The van der Waals surface area contributed by atoms with Gasteiger partial charge in [-0.15, -0.1) is 0 Å². The van der Waals surface area contributed by atoms with Crippen LogP contribution < -0.4 is 16.1 Å². The Morgan fingerprint density at radius 1 is 1.05 bits per heavy atom. The maximum absolute atomic E-state index is 14.3. The number of phenols is 1. The molecule has 0 aromatic heterocycles. The number of carbonyl (C=O) groups is 6. The molecule has 0 aliphatic carbocycles. The average Bonchev–Trinajstić information content (AvgIpc) is 3.16. The van der Waals surface area contributed by atoms with E-state index in [9.17, 15) is 44.1 Å². The van der Waals surface area contributed by atoms with Crippen molar-refractivity contribution >= 4 is 35.4 Å². The van der Waals surface area contributed by atoms with Gasteiger partial charge in [0.05, 0.1) is 18.1 Å². The topological polar surface area (TPSA) is 221 Å². The first-order valence-electron chi connectivity index (χ1n) is 20.6. The number of ether oxygens (including phenoxy) is 2. The van der Waals surface area contributed by atoms with E-state index in [1.54, 1.807) is 84.9 Å². The largest absolute Gasteiger partial charge is 0.508 e. The summed E-state index contributed by atoms with van der Waals surface area (Å²) in [6.45, 7) is 13.5. The molecule has 15 nitrogen and oxygen atoms in total. The number of carbonyl (C=O) groups excluding carboxylic acids is 6. The Morgan fingerprint density at radius 2 is 1.77 bits per heavy atom. The minimum atomic E-state index is -1.43. The van der Waals surface area contributed by atoms with Crippen molar-refractivity contribution in [1.82, 2.24) is 21.1 Å². The summed E-state index contributed by atoms with van der Waals surface area (Å²) in [7, 11) is 0. The molecule has 1 aromatic rings. The number of allylic oxidation sites excluding steroid dienone is 4. The summed E-state index contributed by atoms with van der Waals surface area (Å²) < 4.78 is 11.3. The summed E-state index contributed by atoms with van der Waals surface area (Å²) in [6.07, 6.45) is 8.10. The van der Waals surface area contributed by atoms with Crippen molar-refractivity contribution in [2.24, 2.45) is 17.8 Å². The third-order valence-corrected chi connectivity index (χ3v) is 10.3. The lowest BCUT2D eigenvalue weighted by Gasteiger charge is -2.36. The number of hydrazine groups is 1. The number of phenolic OH excluding ortho intramolecular Hbond substituents is 1. The van der Waals surface area contributed by atoms with Crippen molar-refractivity contribution < 1.29 is 53.6 Å². The summed E-state index contributed by atoms with van der Waals surface area (Å²) in [4.78, 5) is 80.4. The maximum atomic E-state index is 14.3. The summed E-state index contributed by atoms with van der Waals surface area (Å²) >= 11 is 0. The van der Waals surface area contributed by atoms with Gasteiger partial charge in [0.25, 0.3) is 5.91 Å². The lowest BCUT2D eigenvalue weighted by atomic mass is 9.84. The molecule has 2 bridgehead atoms. The molecule has 0 radical (unpaired) electrons. The molecule has 15 heteroatoms. The van der Waals surface area contributed by atoms with Gasteiger partial charge >= 0.3 is 11.9 Å². The number of rotatable bonds is 9. The molecule has 2 heterocycles. The van der Waals surface area contributed by atoms with Crippen molar-refractivity contribution in [2.75, 3.05) is 6.54 Å². The number of amides is 3. The van der Waals surface area contributed by atoms with E-state index < -0.39 is 89.5 Å². The molecular weight excluding hydrogens is 773 g/mol. The predicted octanol–water partition coefficient (Wildman–Crippen LogP) is 3.67. The molecule has 1 aromatic carbocycles. The summed E-state index contributed by atoms with van der Waals surface area (Å²) in [5, 5.41) is 39.5. The highest BCUT2D eigenvalue weighted by molar-refractivity contribution is 5.93. The molecule has 2 unspecified atom stereocenters. The van der Waals surface area contributed by atoms with E-state index >= 15 is 0 Å². The second-order valence-corrected chi connectivity index (χ2v) is 16.9. The van der Waals surface area contributed by atoms with Gasteiger partial charge in [-0.2, -0.15) is 0 Å². The fraction of sp³-hybridized carbons (Fsp3) is 0.556. The predicted molar refractivity (Wildman–Crippen MR) is 224 cm³/mol. The molecule has 3 amide bonds. The number of ketones is 1. The molecule has 6 N–H and O–H groups in total. The lowest BCUT2D eigenvalue weighted by Crippen LogP contribution is -2.62. The molecule has 2 aliphatic rings. The first kappa shape index (κ1) is 49.2. The number of fused-ring (bicyclic) bond motifs is 2. The van der Waals surface area contributed by atoms with E-state index in [1.807, 2.05) is 0 Å². The molecule has 0 spiro atoms. The first-order valence-corrected chi connectivity index (χ1v) is 20.6. The van der Waals surface area contributed by atoms with Crippen LogP contribution in [-0.2, 0) is 44.7 Å². The van der Waals surface area contributed by atoms with Crippen LogP contribution in [0.3, 0.4) is 0 Å². The highest BCUT2D eigenvalue weighted by atomic mass is 16.6. The monoisotopic (exact) mass is 836 g/mol. The standard InChI is InChI=1S/C45H64N4O11/c1-27(2)39-42(56)46-35(26-31-16-13-17-32(51)25-31)43(57)49-24-14-18-34(48-49)44(58)59-37(28(3)15-12-21-38(53)60-45(6,7)8)20-11-9-10-19-36(52)30(5)40(54)33(41(55)47-39)23-22-29(4)50/h9-13,15-17,19,21,25,27,30,33-37,39-40,48,51-52,54H,14,18,20,22-24,26H2,1-8H3,(H,46,56)(H,47,55)/b11-9+,19-10+,21-12+,28-15+/t30-,33+,34?,35?,36-,37-,39-,40+/m0/s1. The number of nitrogens with zero attached hydrogens (tertiary/aromatic N) is 1. The minimum absolute atomic E-state index is 0.0319. The molecule has 1 saturated heterocycles. The van der Waals surface area contributed by atoms with E-state index in [1.165, 1.54) is 42.3 Å². The Kier molecular flexibility index (Phi) is 18.9. The number of esters is 2. The molecule has 2 aliphatic heterocycles. The Morgan fingerprint density at radius 3 is 2.42 bits per heavy atom. The van der Waals surface area contributed by atoms with Crippen molar-refractivity contribution in [3.8, 4) is 5.75 Å². The zero-order valence-electron chi connectivity index (χ0n) is 36.1. The Hall–Kier alpha value is -5.12. The smallest absolute Gasteiger partial charge is 0.331 e. The Labute approximate surface area is 353 Å². The molecule has 60 heavy (non-hydrogen) atoms. The Balaban J connectivity index is 2.07. The second kappa shape index (κ2) is 23.0. The second-order valence-electron chi connectivity index (χ2n) is 16.9. The summed E-state index contributed by atoms with van der Waals surface area (Å²) in [6, 6.07) is 2.88. The van der Waals surface area contributed by atoms with Crippen LogP contribution >= 0.6 is 0 Å². The van der Waals surface area contributed by atoms with Gasteiger partial charge in [0.2, 0.25) is 11.8 Å². The van der Waals surface area contributed by atoms with E-state index in [2.05, 4.69) is 16.1 Å². The molecule has 0 saturated carbocycles. The van der Waals surface area contributed by atoms with E-state index in [4.69, 9.17) is 9.47 Å². The van der Waals surface area contributed by atoms with Gasteiger partial charge in [0.15, 0.2) is 0 Å². The summed E-state index contributed by atoms with van der Waals surface area (Å²) in [5.41, 5.74) is 3.42. The first-order chi connectivity index (χ1) is 28.2. The van der Waals surface area contributed by atoms with Crippen LogP contribution in [0.2, 0.25) is 0 Å². The number of nitrogens with one attached hydrogen (secondary N) is 3. The highest BCUT2D eigenvalue weighted by Gasteiger charge is 2.38. The molecular formula is C45H64N4O11. The van der Waals surface area contributed by atoms with Gasteiger partial charge in [0.1, 0.15) is 41.4 Å². The maximum Gasteiger partial charge on any atom is 0.331 e. The van der Waals surface area contributed by atoms with Crippen molar-refractivity contribution in [3.05, 3.63) is 77.9 Å². The van der Waals surface area contributed by atoms with Crippen LogP contribution in [0.4, 0.5) is 0 Å². The highest BCUT2D eigenvalue weighted by Crippen LogP contribution is 2.24. The van der Waals surface area contributed by atoms with Crippen molar-refractivity contribution in [1.29, 1.82) is 0 Å². The van der Waals surface area contributed by atoms with E-state index in [-0.39, 0.29) is 43.8 Å². The molecule has 330 valence electrons. The number of aliphatic hydroxyl groups excluding tert-OH is 2. The van der Waals surface area contributed by atoms with Crippen LogP contribution in [0.25, 0.3) is 0 Å². The molecule has 3 rings (SSSR count). The zero-order valence-corrected chi connectivity index (χ0v) is 36.1. The minimum Gasteiger partial charge on any atom is -0.508 e. The van der Waals surface area contributed by atoms with Crippen LogP contribution in [-0.4, -0.2) is 104 Å². The van der Waals surface area contributed by atoms with Crippen LogP contribution in [0.1, 0.15) is 93.1 Å². The van der Waals surface area contributed by atoms with Gasteiger partial charge in [-0.05, 0) is 83.1 Å². The van der Waals surface area contributed by atoms with Gasteiger partial charge in [-0.3, -0.25) is 24.2 Å². The number of aliphatic hydroxyl groups is 2. The van der Waals surface area contributed by atoms with E-state index in [0.717, 1.165) is 0 Å². The number of hydrogen-bond donors (Lipinski definition) is 6. The van der Waals surface area contributed by atoms with Gasteiger partial charge in [0, 0.05) is 37.8 Å². The number of aromatic hydroxyl groups is 1. The fourth-order valence-electron chi connectivity index (χ4n) is 6.77. The number of benzene rings is 1. The van der Waals surface area contributed by atoms with Crippen LogP contribution in [0, 0.1) is 17.8 Å². The third-order valence-electron chi connectivity index (χ3n) is 10.3. The number of hydrogen-bond acceptors (Lipinski definition) is 12. The molecule has 8 atom stereocenters. The quantitative estimate of drug-likeness (QED) is 0.119. The van der Waals surface area contributed by atoms with Gasteiger partial charge in [-0.1, -0.05) is 69.4 Å².